The third-order valence-electron chi connectivity index (χ3n) is 5.09. The van der Waals surface area contributed by atoms with Crippen LogP contribution >= 0.6 is 11.8 Å². The Kier molecular flexibility index (Phi) is 8.84. The van der Waals surface area contributed by atoms with Gasteiger partial charge in [-0.2, -0.15) is 0 Å². The fraction of sp³-hybridized carbons (Fsp3) is 0.360. The number of benzene rings is 2. The number of nitrogens with zero attached hydrogens (tertiary/aromatic N) is 3. The molecule has 180 valence electrons. The average Bonchev–Trinajstić information content (AvgIpc) is 3.20. The quantitative estimate of drug-likeness (QED) is 0.356. The van der Waals surface area contributed by atoms with E-state index >= 15 is 0 Å². The van der Waals surface area contributed by atoms with Crippen molar-refractivity contribution in [3.8, 4) is 11.4 Å². The maximum Gasteiger partial charge on any atom is 0.321 e. The first-order valence-corrected chi connectivity index (χ1v) is 12.0. The summed E-state index contributed by atoms with van der Waals surface area (Å²) < 4.78 is 6.87. The highest BCUT2D eigenvalue weighted by Gasteiger charge is 2.18. The van der Waals surface area contributed by atoms with Crippen molar-refractivity contribution in [1.29, 1.82) is 0 Å². The molecule has 9 heteroatoms. The zero-order valence-corrected chi connectivity index (χ0v) is 20.8. The summed E-state index contributed by atoms with van der Waals surface area (Å²) in [6.45, 7) is 7.79. The second-order valence-electron chi connectivity index (χ2n) is 8.79. The number of hydrogen-bond donors (Lipinski definition) is 2. The van der Waals surface area contributed by atoms with E-state index in [0.29, 0.717) is 24.9 Å². The number of carbonyl (C=O) groups is 2. The number of urea groups is 1. The van der Waals surface area contributed by atoms with Gasteiger partial charge in [0.15, 0.2) is 11.0 Å². The van der Waals surface area contributed by atoms with E-state index in [1.807, 2.05) is 34.9 Å². The smallest absolute Gasteiger partial charge is 0.321 e. The third kappa shape index (κ3) is 7.16. The zero-order valence-electron chi connectivity index (χ0n) is 20.0. The van der Waals surface area contributed by atoms with Crippen LogP contribution in [0.5, 0.6) is 0 Å². The second kappa shape index (κ2) is 11.8. The van der Waals surface area contributed by atoms with Gasteiger partial charge >= 0.3 is 6.03 Å². The van der Waals surface area contributed by atoms with Crippen molar-refractivity contribution in [2.24, 2.45) is 0 Å². The molecule has 1 heterocycles. The molecule has 0 bridgehead atoms. The largest absolute Gasteiger partial charge is 0.383 e. The maximum atomic E-state index is 12.3. The van der Waals surface area contributed by atoms with Gasteiger partial charge in [0.1, 0.15) is 0 Å². The van der Waals surface area contributed by atoms with E-state index in [0.717, 1.165) is 17.0 Å². The molecule has 0 atom stereocenters. The molecule has 8 nitrogen and oxygen atoms in total. The van der Waals surface area contributed by atoms with E-state index in [2.05, 4.69) is 65.9 Å². The van der Waals surface area contributed by atoms with Gasteiger partial charge in [-0.1, -0.05) is 87.1 Å². The summed E-state index contributed by atoms with van der Waals surface area (Å²) in [5, 5.41) is 14.3. The maximum absolute atomic E-state index is 12.3. The lowest BCUT2D eigenvalue weighted by atomic mass is 9.87. The Morgan fingerprint density at radius 2 is 1.74 bits per heavy atom. The number of thioether (sulfide) groups is 1. The molecule has 0 fully saturated rings. The molecule has 0 unspecified atom stereocenters. The molecular formula is C25H31N5O3S. The highest BCUT2D eigenvalue weighted by molar-refractivity contribution is 7.99. The van der Waals surface area contributed by atoms with Crippen LogP contribution in [0.15, 0.2) is 59.8 Å². The molecule has 0 radical (unpaired) electrons. The molecule has 0 aliphatic carbocycles. The van der Waals surface area contributed by atoms with Crippen molar-refractivity contribution in [3.63, 3.8) is 0 Å². The minimum Gasteiger partial charge on any atom is -0.383 e. The number of nitrogens with one attached hydrogen (secondary N) is 2. The molecule has 3 aromatic rings. The minimum atomic E-state index is -0.548. The number of methoxy groups -OCH3 is 1. The Bertz CT molecular complexity index is 1090. The van der Waals surface area contributed by atoms with Crippen LogP contribution in [0.1, 0.15) is 31.9 Å². The molecule has 0 saturated carbocycles. The summed E-state index contributed by atoms with van der Waals surface area (Å²) in [5.74, 6) is 0.350. The fourth-order valence-corrected chi connectivity index (χ4v) is 3.98. The van der Waals surface area contributed by atoms with Gasteiger partial charge in [0.2, 0.25) is 5.91 Å². The number of amides is 3. The van der Waals surface area contributed by atoms with Gasteiger partial charge in [0.05, 0.1) is 18.9 Å². The van der Waals surface area contributed by atoms with Gasteiger partial charge in [-0.25, -0.2) is 4.79 Å². The van der Waals surface area contributed by atoms with Gasteiger partial charge in [0.25, 0.3) is 0 Å². The highest BCUT2D eigenvalue weighted by atomic mass is 32.2. The van der Waals surface area contributed by atoms with E-state index in [-0.39, 0.29) is 11.2 Å². The Balaban J connectivity index is 1.77. The van der Waals surface area contributed by atoms with Crippen LogP contribution < -0.4 is 10.6 Å². The number of rotatable bonds is 9. The summed E-state index contributed by atoms with van der Waals surface area (Å²) in [7, 11) is 1.54. The standard InChI is InChI=1S/C25H31N5O3S/c1-25(2,3)20-12-10-19(11-13-20)22-28-29-24(30(22)16-18-8-6-5-7-9-18)34-17-21(31)27-23(32)26-14-15-33-4/h5-13H,14-17H2,1-4H3,(H2,26,27,31,32). The summed E-state index contributed by atoms with van der Waals surface area (Å²) in [6.07, 6.45) is 0. The molecule has 1 aromatic heterocycles. The lowest BCUT2D eigenvalue weighted by molar-refractivity contribution is -0.117. The average molecular weight is 482 g/mol. The summed E-state index contributed by atoms with van der Waals surface area (Å²) in [4.78, 5) is 24.0. The third-order valence-corrected chi connectivity index (χ3v) is 6.05. The van der Waals surface area contributed by atoms with Gasteiger partial charge in [-0.3, -0.25) is 14.7 Å². The molecule has 2 N–H and O–H groups in total. The first kappa shape index (κ1) is 25.5. The summed E-state index contributed by atoms with van der Waals surface area (Å²) in [6, 6.07) is 17.8. The number of imide groups is 1. The molecule has 0 aliphatic rings. The first-order valence-electron chi connectivity index (χ1n) is 11.1. The van der Waals surface area contributed by atoms with Gasteiger partial charge in [0, 0.05) is 19.2 Å². The molecule has 0 aliphatic heterocycles. The normalized spacial score (nSPS) is 11.3. The van der Waals surface area contributed by atoms with Crippen molar-refractivity contribution >= 4 is 23.7 Å². The van der Waals surface area contributed by atoms with E-state index in [1.54, 1.807) is 7.11 Å². The van der Waals surface area contributed by atoms with E-state index in [1.165, 1.54) is 17.3 Å². The molecule has 3 rings (SSSR count). The van der Waals surface area contributed by atoms with Crippen LogP contribution in [0.2, 0.25) is 0 Å². The number of hydrogen-bond acceptors (Lipinski definition) is 6. The van der Waals surface area contributed by atoms with Crippen molar-refractivity contribution in [1.82, 2.24) is 25.4 Å². The molecule has 34 heavy (non-hydrogen) atoms. The molecule has 2 aromatic carbocycles. The highest BCUT2D eigenvalue weighted by Crippen LogP contribution is 2.28. The summed E-state index contributed by atoms with van der Waals surface area (Å²) >= 11 is 1.24. The van der Waals surface area contributed by atoms with E-state index < -0.39 is 11.9 Å². The lowest BCUT2D eigenvalue weighted by Crippen LogP contribution is -2.41. The number of aromatic nitrogens is 3. The van der Waals surface area contributed by atoms with Crippen LogP contribution in [0.4, 0.5) is 4.79 Å². The van der Waals surface area contributed by atoms with Crippen LogP contribution in [0.3, 0.4) is 0 Å². The number of carbonyl (C=O) groups excluding carboxylic acids is 2. The van der Waals surface area contributed by atoms with Crippen LogP contribution in [-0.2, 0) is 21.5 Å². The minimum absolute atomic E-state index is 0.0353. The molecule has 0 spiro atoms. The zero-order chi connectivity index (χ0) is 24.6. The predicted molar refractivity (Wildman–Crippen MR) is 134 cm³/mol. The Hall–Kier alpha value is -3.17. The monoisotopic (exact) mass is 481 g/mol. The second-order valence-corrected chi connectivity index (χ2v) is 9.73. The Morgan fingerprint density at radius 1 is 1.03 bits per heavy atom. The van der Waals surface area contributed by atoms with Crippen molar-refractivity contribution in [3.05, 3.63) is 65.7 Å². The van der Waals surface area contributed by atoms with Crippen LogP contribution in [0.25, 0.3) is 11.4 Å². The first-order chi connectivity index (χ1) is 16.3. The molecular weight excluding hydrogens is 450 g/mol. The molecule has 3 amide bonds. The lowest BCUT2D eigenvalue weighted by Gasteiger charge is -2.19. The van der Waals surface area contributed by atoms with Gasteiger partial charge < -0.3 is 10.1 Å². The summed E-state index contributed by atoms with van der Waals surface area (Å²) in [5.41, 5.74) is 3.34. The van der Waals surface area contributed by atoms with Crippen molar-refractivity contribution < 1.29 is 14.3 Å². The van der Waals surface area contributed by atoms with Gasteiger partial charge in [-0.05, 0) is 16.5 Å². The topological polar surface area (TPSA) is 98.1 Å². The van der Waals surface area contributed by atoms with Crippen LogP contribution in [-0.4, -0.2) is 52.7 Å². The van der Waals surface area contributed by atoms with Crippen molar-refractivity contribution in [2.75, 3.05) is 26.0 Å². The Morgan fingerprint density at radius 3 is 2.38 bits per heavy atom. The van der Waals surface area contributed by atoms with E-state index in [4.69, 9.17) is 4.74 Å². The molecule has 0 saturated heterocycles. The Labute approximate surface area is 204 Å². The van der Waals surface area contributed by atoms with Crippen molar-refractivity contribution in [2.45, 2.75) is 37.9 Å². The van der Waals surface area contributed by atoms with Gasteiger partial charge in [-0.15, -0.1) is 10.2 Å². The van der Waals surface area contributed by atoms with Crippen LogP contribution in [0, 0.1) is 0 Å². The SMILES string of the molecule is COCCNC(=O)NC(=O)CSc1nnc(-c2ccc(C(C)(C)C)cc2)n1Cc1ccccc1. The number of ether oxygens (including phenoxy) is 1. The van der Waals surface area contributed by atoms with E-state index in [9.17, 15) is 9.59 Å². The fourth-order valence-electron chi connectivity index (χ4n) is 3.24. The predicted octanol–water partition coefficient (Wildman–Crippen LogP) is 3.86.